The maximum absolute atomic E-state index is 12.4. The molecule has 0 aliphatic carbocycles. The van der Waals surface area contributed by atoms with E-state index < -0.39 is 10.8 Å². The van der Waals surface area contributed by atoms with Crippen LogP contribution in [-0.2, 0) is 0 Å². The number of aromatic nitrogens is 2. The van der Waals surface area contributed by atoms with Crippen molar-refractivity contribution in [3.8, 4) is 11.3 Å². The van der Waals surface area contributed by atoms with Gasteiger partial charge >= 0.3 is 0 Å². The highest BCUT2D eigenvalue weighted by molar-refractivity contribution is 6.04. The van der Waals surface area contributed by atoms with Crippen LogP contribution in [0.3, 0.4) is 0 Å². The summed E-state index contributed by atoms with van der Waals surface area (Å²) in [7, 11) is 0. The highest BCUT2D eigenvalue weighted by Crippen LogP contribution is 2.23. The Morgan fingerprint density at radius 1 is 1.04 bits per heavy atom. The molecule has 2 heterocycles. The Balaban J connectivity index is 1.60. The van der Waals surface area contributed by atoms with Crippen LogP contribution in [-0.4, -0.2) is 20.2 Å². The zero-order chi connectivity index (χ0) is 18.8. The molecule has 2 aromatic carbocycles. The third kappa shape index (κ3) is 3.38. The van der Waals surface area contributed by atoms with Gasteiger partial charge in [-0.2, -0.15) is 0 Å². The van der Waals surface area contributed by atoms with E-state index in [0.717, 1.165) is 16.9 Å². The van der Waals surface area contributed by atoms with Gasteiger partial charge in [-0.05, 0) is 30.3 Å². The Hall–Kier alpha value is -4.00. The van der Waals surface area contributed by atoms with Gasteiger partial charge in [0.1, 0.15) is 5.65 Å². The van der Waals surface area contributed by atoms with Gasteiger partial charge in [-0.15, -0.1) is 0 Å². The lowest BCUT2D eigenvalue weighted by Gasteiger charge is -2.06. The fourth-order valence-electron chi connectivity index (χ4n) is 2.79. The monoisotopic (exact) mass is 358 g/mol. The van der Waals surface area contributed by atoms with Crippen LogP contribution in [0.5, 0.6) is 0 Å². The molecule has 1 N–H and O–H groups in total. The third-order valence-corrected chi connectivity index (χ3v) is 4.10. The number of nitro groups is 1. The molecule has 132 valence electrons. The van der Waals surface area contributed by atoms with Crippen molar-refractivity contribution in [1.29, 1.82) is 0 Å². The fraction of sp³-hybridized carbons (Fsp3) is 0. The quantitative estimate of drug-likeness (QED) is 0.438. The number of benzene rings is 2. The first kappa shape index (κ1) is 16.5. The Morgan fingerprint density at radius 2 is 1.89 bits per heavy atom. The number of anilines is 1. The van der Waals surface area contributed by atoms with Crippen molar-refractivity contribution >= 4 is 22.9 Å². The molecular formula is C20H14N4O3. The number of carbonyl (C=O) groups is 1. The summed E-state index contributed by atoms with van der Waals surface area (Å²) in [6.45, 7) is 0. The maximum atomic E-state index is 12.4. The molecule has 0 saturated carbocycles. The summed E-state index contributed by atoms with van der Waals surface area (Å²) >= 11 is 0. The van der Waals surface area contributed by atoms with Gasteiger partial charge in [0.05, 0.1) is 10.6 Å². The molecule has 0 aliphatic rings. The summed E-state index contributed by atoms with van der Waals surface area (Å²) in [5.41, 5.74) is 3.16. The SMILES string of the molecule is O=C(Nc1cccc(-c2cn3ccccc3n2)c1)c1cccc([N+](=O)[O-])c1. The van der Waals surface area contributed by atoms with Crippen LogP contribution in [0.1, 0.15) is 10.4 Å². The predicted molar refractivity (Wildman–Crippen MR) is 102 cm³/mol. The van der Waals surface area contributed by atoms with Crippen molar-refractivity contribution < 1.29 is 9.72 Å². The molecule has 0 saturated heterocycles. The lowest BCUT2D eigenvalue weighted by Crippen LogP contribution is -2.12. The van der Waals surface area contributed by atoms with Gasteiger partial charge in [-0.1, -0.05) is 24.3 Å². The molecule has 1 amide bonds. The number of nitrogens with one attached hydrogen (secondary N) is 1. The van der Waals surface area contributed by atoms with Gasteiger partial charge in [-0.25, -0.2) is 4.98 Å². The van der Waals surface area contributed by atoms with Gasteiger partial charge in [0.25, 0.3) is 11.6 Å². The number of fused-ring (bicyclic) bond motifs is 1. The highest BCUT2D eigenvalue weighted by Gasteiger charge is 2.12. The van der Waals surface area contributed by atoms with Crippen molar-refractivity contribution in [3.05, 3.63) is 94.8 Å². The summed E-state index contributed by atoms with van der Waals surface area (Å²) in [5, 5.41) is 13.6. The van der Waals surface area contributed by atoms with Gasteiger partial charge in [-0.3, -0.25) is 14.9 Å². The molecule has 0 bridgehead atoms. The average molecular weight is 358 g/mol. The molecule has 0 spiro atoms. The summed E-state index contributed by atoms with van der Waals surface area (Å²) in [4.78, 5) is 27.3. The Bertz CT molecular complexity index is 1130. The van der Waals surface area contributed by atoms with Crippen molar-refractivity contribution in [1.82, 2.24) is 9.38 Å². The highest BCUT2D eigenvalue weighted by atomic mass is 16.6. The zero-order valence-corrected chi connectivity index (χ0v) is 14.1. The van der Waals surface area contributed by atoms with E-state index in [9.17, 15) is 14.9 Å². The lowest BCUT2D eigenvalue weighted by atomic mass is 10.1. The van der Waals surface area contributed by atoms with Gasteiger partial charge in [0.2, 0.25) is 0 Å². The smallest absolute Gasteiger partial charge is 0.270 e. The lowest BCUT2D eigenvalue weighted by molar-refractivity contribution is -0.384. The average Bonchev–Trinajstić information content (AvgIpc) is 3.12. The number of pyridine rings is 1. The molecule has 27 heavy (non-hydrogen) atoms. The van der Waals surface area contributed by atoms with E-state index in [1.54, 1.807) is 6.07 Å². The molecule has 0 atom stereocenters. The Morgan fingerprint density at radius 3 is 2.70 bits per heavy atom. The van der Waals surface area contributed by atoms with Gasteiger partial charge in [0.15, 0.2) is 0 Å². The van der Waals surface area contributed by atoms with Crippen molar-refractivity contribution in [3.63, 3.8) is 0 Å². The Labute approximate surface area is 154 Å². The van der Waals surface area contributed by atoms with Gasteiger partial charge in [0, 0.05) is 41.3 Å². The van der Waals surface area contributed by atoms with Crippen LogP contribution < -0.4 is 5.32 Å². The van der Waals surface area contributed by atoms with E-state index in [-0.39, 0.29) is 11.3 Å². The van der Waals surface area contributed by atoms with Crippen LogP contribution in [0.2, 0.25) is 0 Å². The molecular weight excluding hydrogens is 344 g/mol. The van der Waals surface area contributed by atoms with Crippen LogP contribution in [0, 0.1) is 10.1 Å². The molecule has 2 aromatic heterocycles. The van der Waals surface area contributed by atoms with Crippen LogP contribution >= 0.6 is 0 Å². The van der Waals surface area contributed by atoms with Crippen molar-refractivity contribution in [2.45, 2.75) is 0 Å². The first-order valence-electron chi connectivity index (χ1n) is 8.20. The van der Waals surface area contributed by atoms with E-state index in [0.29, 0.717) is 5.69 Å². The number of non-ortho nitro benzene ring substituents is 1. The summed E-state index contributed by atoms with van der Waals surface area (Å²) in [5.74, 6) is -0.411. The molecule has 0 radical (unpaired) electrons. The zero-order valence-electron chi connectivity index (χ0n) is 14.1. The summed E-state index contributed by atoms with van der Waals surface area (Å²) in [6.07, 6.45) is 3.83. The van der Waals surface area contributed by atoms with E-state index >= 15 is 0 Å². The topological polar surface area (TPSA) is 89.5 Å². The number of nitro benzene ring substituents is 1. The minimum atomic E-state index is -0.527. The summed E-state index contributed by atoms with van der Waals surface area (Å²) in [6, 6.07) is 18.7. The molecule has 4 aromatic rings. The first-order valence-corrected chi connectivity index (χ1v) is 8.20. The number of rotatable bonds is 4. The van der Waals surface area contributed by atoms with Crippen LogP contribution in [0.15, 0.2) is 79.1 Å². The van der Waals surface area contributed by atoms with Crippen LogP contribution in [0.4, 0.5) is 11.4 Å². The Kier molecular flexibility index (Phi) is 4.10. The second-order valence-corrected chi connectivity index (χ2v) is 5.93. The van der Waals surface area contributed by atoms with Crippen molar-refractivity contribution in [2.75, 3.05) is 5.32 Å². The maximum Gasteiger partial charge on any atom is 0.270 e. The van der Waals surface area contributed by atoms with E-state index in [4.69, 9.17) is 0 Å². The number of imidazole rings is 1. The first-order chi connectivity index (χ1) is 13.1. The third-order valence-electron chi connectivity index (χ3n) is 4.10. The molecule has 7 nitrogen and oxygen atoms in total. The van der Waals surface area contributed by atoms with E-state index in [1.165, 1.54) is 24.3 Å². The normalized spacial score (nSPS) is 10.7. The number of amides is 1. The second-order valence-electron chi connectivity index (χ2n) is 5.93. The molecule has 7 heteroatoms. The molecule has 0 aliphatic heterocycles. The number of carbonyl (C=O) groups excluding carboxylic acids is 1. The minimum absolute atomic E-state index is 0.124. The van der Waals surface area contributed by atoms with Gasteiger partial charge < -0.3 is 9.72 Å². The predicted octanol–water partition coefficient (Wildman–Crippen LogP) is 4.16. The molecule has 4 rings (SSSR count). The number of hydrogen-bond acceptors (Lipinski definition) is 4. The fourth-order valence-corrected chi connectivity index (χ4v) is 2.79. The second kappa shape index (κ2) is 6.72. The van der Waals surface area contributed by atoms with E-state index in [2.05, 4.69) is 10.3 Å². The number of nitrogens with zero attached hydrogens (tertiary/aromatic N) is 3. The minimum Gasteiger partial charge on any atom is -0.322 e. The van der Waals surface area contributed by atoms with E-state index in [1.807, 2.05) is 53.2 Å². The number of hydrogen-bond donors (Lipinski definition) is 1. The molecule has 0 fully saturated rings. The van der Waals surface area contributed by atoms with Crippen molar-refractivity contribution in [2.24, 2.45) is 0 Å². The van der Waals surface area contributed by atoms with Crippen LogP contribution in [0.25, 0.3) is 16.9 Å². The molecule has 0 unspecified atom stereocenters. The standard InChI is InChI=1S/C20H14N4O3/c25-20(15-6-4-8-17(12-15)24(26)27)21-16-7-3-5-14(11-16)18-13-23-10-2-1-9-19(23)22-18/h1-13H,(H,21,25). The largest absolute Gasteiger partial charge is 0.322 e. The summed E-state index contributed by atoms with van der Waals surface area (Å²) < 4.78 is 1.92.